The van der Waals surface area contributed by atoms with E-state index in [0.29, 0.717) is 0 Å². The minimum atomic E-state index is -3.97. The van der Waals surface area contributed by atoms with Gasteiger partial charge >= 0.3 is 5.97 Å². The SMILES string of the molecule is Cc1[nH]nc(C(=O)O)c1S(=O)(=O)N(C)CCO. The number of carbonyl (C=O) groups is 1. The molecule has 3 N–H and O–H groups in total. The number of aromatic amines is 1. The van der Waals surface area contributed by atoms with E-state index in [1.54, 1.807) is 0 Å². The second kappa shape index (κ2) is 4.82. The van der Waals surface area contributed by atoms with Crippen LogP contribution in [0.15, 0.2) is 4.90 Å². The van der Waals surface area contributed by atoms with E-state index in [4.69, 9.17) is 10.2 Å². The molecule has 8 nitrogen and oxygen atoms in total. The second-order valence-electron chi connectivity index (χ2n) is 3.38. The molecule has 1 aromatic heterocycles. The average Bonchev–Trinajstić information content (AvgIpc) is 2.61. The summed E-state index contributed by atoms with van der Waals surface area (Å²) in [6.07, 6.45) is 0. The molecule has 0 saturated carbocycles. The van der Waals surface area contributed by atoms with E-state index in [9.17, 15) is 13.2 Å². The number of aromatic carboxylic acids is 1. The van der Waals surface area contributed by atoms with Crippen LogP contribution in [-0.2, 0) is 10.0 Å². The third-order valence-electron chi connectivity index (χ3n) is 2.18. The summed E-state index contributed by atoms with van der Waals surface area (Å²) in [6, 6.07) is 0. The lowest BCUT2D eigenvalue weighted by Gasteiger charge is -2.15. The molecule has 0 atom stereocenters. The summed E-state index contributed by atoms with van der Waals surface area (Å²) in [5.74, 6) is -1.43. The zero-order valence-electron chi connectivity index (χ0n) is 9.34. The molecule has 17 heavy (non-hydrogen) atoms. The van der Waals surface area contributed by atoms with Gasteiger partial charge in [-0.25, -0.2) is 13.2 Å². The highest BCUT2D eigenvalue weighted by atomic mass is 32.2. The van der Waals surface area contributed by atoms with Crippen LogP contribution in [0.3, 0.4) is 0 Å². The van der Waals surface area contributed by atoms with Crippen LogP contribution < -0.4 is 0 Å². The van der Waals surface area contributed by atoms with Crippen LogP contribution >= 0.6 is 0 Å². The number of carboxylic acids is 1. The van der Waals surface area contributed by atoms with Crippen molar-refractivity contribution in [3.05, 3.63) is 11.4 Å². The first-order chi connectivity index (χ1) is 7.82. The number of likely N-dealkylation sites (N-methyl/N-ethyl adjacent to an activating group) is 1. The molecule has 0 spiro atoms. The van der Waals surface area contributed by atoms with E-state index in [1.165, 1.54) is 14.0 Å². The molecule has 0 unspecified atom stereocenters. The van der Waals surface area contributed by atoms with E-state index in [2.05, 4.69) is 10.2 Å². The van der Waals surface area contributed by atoms with Crippen molar-refractivity contribution in [2.45, 2.75) is 11.8 Å². The molecule has 0 fully saturated rings. The number of hydrogen-bond donors (Lipinski definition) is 3. The third-order valence-corrected chi connectivity index (χ3v) is 4.20. The van der Waals surface area contributed by atoms with Gasteiger partial charge in [0, 0.05) is 13.6 Å². The van der Waals surface area contributed by atoms with E-state index >= 15 is 0 Å². The summed E-state index contributed by atoms with van der Waals surface area (Å²) in [5.41, 5.74) is -0.403. The third kappa shape index (κ3) is 2.46. The molecule has 96 valence electrons. The molecule has 0 amide bonds. The van der Waals surface area contributed by atoms with Crippen LogP contribution in [0.5, 0.6) is 0 Å². The largest absolute Gasteiger partial charge is 0.476 e. The summed E-state index contributed by atoms with van der Waals surface area (Å²) in [7, 11) is -2.71. The van der Waals surface area contributed by atoms with Gasteiger partial charge in [-0.05, 0) is 6.92 Å². The van der Waals surface area contributed by atoms with Gasteiger partial charge in [0.15, 0.2) is 5.69 Å². The predicted octanol–water partition coefficient (Wildman–Crippen LogP) is -0.971. The lowest BCUT2D eigenvalue weighted by atomic mass is 10.4. The number of sulfonamides is 1. The van der Waals surface area contributed by atoms with Gasteiger partial charge < -0.3 is 10.2 Å². The number of rotatable bonds is 5. The van der Waals surface area contributed by atoms with E-state index in [1.807, 2.05) is 0 Å². The van der Waals surface area contributed by atoms with Crippen molar-refractivity contribution >= 4 is 16.0 Å². The van der Waals surface area contributed by atoms with Gasteiger partial charge in [0.2, 0.25) is 10.0 Å². The van der Waals surface area contributed by atoms with Crippen LogP contribution in [0.2, 0.25) is 0 Å². The Bertz CT molecular complexity index is 521. The number of H-pyrrole nitrogens is 1. The molecule has 1 aromatic rings. The molecule has 1 heterocycles. The zero-order chi connectivity index (χ0) is 13.2. The number of nitrogens with zero attached hydrogens (tertiary/aromatic N) is 2. The normalized spacial score (nSPS) is 12.0. The van der Waals surface area contributed by atoms with Crippen molar-refractivity contribution < 1.29 is 23.4 Å². The van der Waals surface area contributed by atoms with Crippen molar-refractivity contribution in [1.82, 2.24) is 14.5 Å². The van der Waals surface area contributed by atoms with Crippen LogP contribution in [0.1, 0.15) is 16.2 Å². The first kappa shape index (κ1) is 13.6. The molecule has 0 aliphatic rings. The fourth-order valence-electron chi connectivity index (χ4n) is 1.30. The lowest BCUT2D eigenvalue weighted by molar-refractivity contribution is 0.0686. The minimum absolute atomic E-state index is 0.119. The number of aliphatic hydroxyl groups excluding tert-OH is 1. The molecule has 0 aliphatic carbocycles. The topological polar surface area (TPSA) is 124 Å². The molecular weight excluding hydrogens is 250 g/mol. The minimum Gasteiger partial charge on any atom is -0.476 e. The Morgan fingerprint density at radius 3 is 2.59 bits per heavy atom. The van der Waals surface area contributed by atoms with Gasteiger partial charge in [-0.1, -0.05) is 0 Å². The average molecular weight is 263 g/mol. The highest BCUT2D eigenvalue weighted by Gasteiger charge is 2.31. The number of aliphatic hydroxyl groups is 1. The van der Waals surface area contributed by atoms with Crippen molar-refractivity contribution in [2.75, 3.05) is 20.2 Å². The first-order valence-electron chi connectivity index (χ1n) is 4.67. The number of hydrogen-bond acceptors (Lipinski definition) is 5. The fourth-order valence-corrected chi connectivity index (χ4v) is 2.74. The Kier molecular flexibility index (Phi) is 3.86. The maximum absolute atomic E-state index is 12.0. The fraction of sp³-hybridized carbons (Fsp3) is 0.500. The second-order valence-corrected chi connectivity index (χ2v) is 5.36. The van der Waals surface area contributed by atoms with E-state index in [0.717, 1.165) is 4.31 Å². The van der Waals surface area contributed by atoms with Gasteiger partial charge in [-0.15, -0.1) is 0 Å². The molecule has 9 heteroatoms. The van der Waals surface area contributed by atoms with Gasteiger partial charge in [-0.3, -0.25) is 5.10 Å². The van der Waals surface area contributed by atoms with Gasteiger partial charge in [-0.2, -0.15) is 9.40 Å². The van der Waals surface area contributed by atoms with Gasteiger partial charge in [0.1, 0.15) is 4.90 Å². The number of nitrogens with one attached hydrogen (secondary N) is 1. The van der Waals surface area contributed by atoms with Gasteiger partial charge in [0.05, 0.1) is 12.3 Å². The Labute approximate surface area is 97.9 Å². The molecule has 0 aliphatic heterocycles. The van der Waals surface area contributed by atoms with Crippen molar-refractivity contribution in [3.63, 3.8) is 0 Å². The Morgan fingerprint density at radius 2 is 2.12 bits per heavy atom. The molecule has 0 bridgehead atoms. The predicted molar refractivity (Wildman–Crippen MR) is 57.2 cm³/mol. The van der Waals surface area contributed by atoms with Crippen LogP contribution in [0.4, 0.5) is 0 Å². The quantitative estimate of drug-likeness (QED) is 0.628. The number of aromatic nitrogens is 2. The van der Waals surface area contributed by atoms with Crippen molar-refractivity contribution in [3.8, 4) is 0 Å². The molecule has 0 radical (unpaired) electrons. The maximum Gasteiger partial charge on any atom is 0.357 e. The lowest BCUT2D eigenvalue weighted by Crippen LogP contribution is -2.31. The zero-order valence-corrected chi connectivity index (χ0v) is 10.2. The maximum atomic E-state index is 12.0. The summed E-state index contributed by atoms with van der Waals surface area (Å²) in [4.78, 5) is 10.5. The monoisotopic (exact) mass is 263 g/mol. The number of carboxylic acid groups (broad SMARTS) is 1. The summed E-state index contributed by atoms with van der Waals surface area (Å²) in [6.45, 7) is 0.945. The summed E-state index contributed by atoms with van der Waals surface area (Å²) in [5, 5.41) is 23.3. The Morgan fingerprint density at radius 1 is 1.53 bits per heavy atom. The summed E-state index contributed by atoms with van der Waals surface area (Å²) >= 11 is 0. The molecule has 1 rings (SSSR count). The van der Waals surface area contributed by atoms with Crippen LogP contribution in [-0.4, -0.2) is 59.3 Å². The Hall–Kier alpha value is -1.45. The smallest absolute Gasteiger partial charge is 0.357 e. The van der Waals surface area contributed by atoms with Crippen molar-refractivity contribution in [1.29, 1.82) is 0 Å². The standard InChI is InChI=1S/C8H13N3O5S/c1-5-7(6(8(13)14)10-9-5)17(15,16)11(2)3-4-12/h12H,3-4H2,1-2H3,(H,9,10)(H,13,14). The molecule has 0 saturated heterocycles. The van der Waals surface area contributed by atoms with Crippen LogP contribution in [0, 0.1) is 6.92 Å². The number of aryl methyl sites for hydroxylation is 1. The molecule has 0 aromatic carbocycles. The molecular formula is C8H13N3O5S. The van der Waals surface area contributed by atoms with Crippen LogP contribution in [0.25, 0.3) is 0 Å². The van der Waals surface area contributed by atoms with Gasteiger partial charge in [0.25, 0.3) is 0 Å². The Balaban J connectivity index is 3.33. The van der Waals surface area contributed by atoms with E-state index in [-0.39, 0.29) is 23.7 Å². The summed E-state index contributed by atoms with van der Waals surface area (Å²) < 4.78 is 24.9. The van der Waals surface area contributed by atoms with E-state index < -0.39 is 21.7 Å². The van der Waals surface area contributed by atoms with Crippen molar-refractivity contribution in [2.24, 2.45) is 0 Å². The first-order valence-corrected chi connectivity index (χ1v) is 6.11. The highest BCUT2D eigenvalue weighted by molar-refractivity contribution is 7.89. The highest BCUT2D eigenvalue weighted by Crippen LogP contribution is 2.20.